The van der Waals surface area contributed by atoms with Crippen LogP contribution in [0.1, 0.15) is 0 Å². The first kappa shape index (κ1) is 20.2. The molecule has 2 aromatic carbocycles. The number of ether oxygens (including phenoxy) is 1. The van der Waals surface area contributed by atoms with E-state index in [2.05, 4.69) is 5.32 Å². The fourth-order valence-electron chi connectivity index (χ4n) is 3.68. The van der Waals surface area contributed by atoms with Crippen LogP contribution in [0.5, 0.6) is 5.75 Å². The Labute approximate surface area is 177 Å². The van der Waals surface area contributed by atoms with E-state index >= 15 is 0 Å². The highest BCUT2D eigenvalue weighted by Gasteiger charge is 2.20. The average Bonchev–Trinajstić information content (AvgIpc) is 3.13. The number of rotatable bonds is 5. The molecule has 0 spiro atoms. The summed E-state index contributed by atoms with van der Waals surface area (Å²) in [5, 5.41) is 2.78. The van der Waals surface area contributed by atoms with Crippen molar-refractivity contribution < 1.29 is 9.53 Å². The van der Waals surface area contributed by atoms with Crippen LogP contribution in [0.25, 0.3) is 22.2 Å². The summed E-state index contributed by atoms with van der Waals surface area (Å²) in [6.45, 7) is -0.246. The van der Waals surface area contributed by atoms with Crippen molar-refractivity contribution in [2.24, 2.45) is 14.1 Å². The predicted octanol–water partition coefficient (Wildman–Crippen LogP) is 2.35. The van der Waals surface area contributed by atoms with E-state index in [1.54, 1.807) is 49.2 Å². The number of fused-ring (bicyclic) bond motifs is 1. The normalized spacial score (nSPS) is 10.9. The Bertz CT molecular complexity index is 1400. The predicted molar refractivity (Wildman–Crippen MR) is 119 cm³/mol. The lowest BCUT2D eigenvalue weighted by Crippen LogP contribution is -2.40. The van der Waals surface area contributed by atoms with Crippen LogP contribution in [0, 0.1) is 0 Å². The summed E-state index contributed by atoms with van der Waals surface area (Å²) in [7, 11) is 4.71. The van der Waals surface area contributed by atoms with Gasteiger partial charge in [-0.25, -0.2) is 4.79 Å². The number of nitrogens with one attached hydrogen (secondary N) is 1. The first-order valence-corrected chi connectivity index (χ1v) is 9.69. The van der Waals surface area contributed by atoms with E-state index in [9.17, 15) is 14.4 Å². The monoisotopic (exact) mass is 418 g/mol. The highest BCUT2D eigenvalue weighted by Crippen LogP contribution is 2.28. The Kier molecular flexibility index (Phi) is 5.21. The van der Waals surface area contributed by atoms with Crippen molar-refractivity contribution >= 4 is 22.6 Å². The summed E-state index contributed by atoms with van der Waals surface area (Å²) in [4.78, 5) is 38.7. The second kappa shape index (κ2) is 7.98. The number of carbonyl (C=O) groups is 1. The molecule has 4 aromatic rings. The van der Waals surface area contributed by atoms with Gasteiger partial charge in [-0.1, -0.05) is 36.4 Å². The fraction of sp³-hybridized carbons (Fsp3) is 0.174. The minimum absolute atomic E-state index is 0.246. The first-order chi connectivity index (χ1) is 14.9. The number of aryl methyl sites for hydroxylation is 1. The first-order valence-electron chi connectivity index (χ1n) is 9.69. The second-order valence-electron chi connectivity index (χ2n) is 7.23. The Hall–Kier alpha value is -4.07. The van der Waals surface area contributed by atoms with Gasteiger partial charge in [0, 0.05) is 37.6 Å². The molecule has 0 unspecified atom stereocenters. The van der Waals surface area contributed by atoms with E-state index in [0.29, 0.717) is 28.0 Å². The van der Waals surface area contributed by atoms with E-state index in [4.69, 9.17) is 4.74 Å². The van der Waals surface area contributed by atoms with Crippen LogP contribution in [0.3, 0.4) is 0 Å². The molecule has 1 amide bonds. The number of anilines is 1. The molecule has 31 heavy (non-hydrogen) atoms. The maximum atomic E-state index is 13.0. The summed E-state index contributed by atoms with van der Waals surface area (Å²) in [5.74, 6) is 0.215. The van der Waals surface area contributed by atoms with Crippen molar-refractivity contribution in [1.29, 1.82) is 0 Å². The SMILES string of the molecule is COc1cccc(NC(=O)Cn2c(=O)n(C)c(=O)c3c2c(-c2ccccc2)cn3C)c1. The molecule has 2 heterocycles. The number of benzene rings is 2. The molecular formula is C23H22N4O4. The van der Waals surface area contributed by atoms with Gasteiger partial charge in [0.15, 0.2) is 0 Å². The van der Waals surface area contributed by atoms with Crippen LogP contribution in [-0.4, -0.2) is 26.7 Å². The molecule has 0 aliphatic carbocycles. The summed E-state index contributed by atoms with van der Waals surface area (Å²) in [6.07, 6.45) is 1.80. The van der Waals surface area contributed by atoms with Crippen LogP contribution in [0.4, 0.5) is 5.69 Å². The molecule has 0 fully saturated rings. The zero-order valence-electron chi connectivity index (χ0n) is 17.5. The number of hydrogen-bond acceptors (Lipinski definition) is 4. The van der Waals surface area contributed by atoms with Gasteiger partial charge >= 0.3 is 5.69 Å². The van der Waals surface area contributed by atoms with E-state index in [1.165, 1.54) is 11.6 Å². The van der Waals surface area contributed by atoms with Gasteiger partial charge in [0.2, 0.25) is 5.91 Å². The lowest BCUT2D eigenvalue weighted by atomic mass is 10.1. The topological polar surface area (TPSA) is 87.3 Å². The number of methoxy groups -OCH3 is 1. The number of hydrogen-bond donors (Lipinski definition) is 1. The van der Waals surface area contributed by atoms with Gasteiger partial charge in [-0.2, -0.15) is 0 Å². The summed E-state index contributed by atoms with van der Waals surface area (Å²) < 4.78 is 9.24. The van der Waals surface area contributed by atoms with E-state index in [1.807, 2.05) is 30.3 Å². The molecule has 8 nitrogen and oxygen atoms in total. The molecule has 8 heteroatoms. The third-order valence-corrected chi connectivity index (χ3v) is 5.19. The molecule has 0 aliphatic heterocycles. The molecule has 0 bridgehead atoms. The van der Waals surface area contributed by atoms with Gasteiger partial charge < -0.3 is 14.6 Å². The molecule has 1 N–H and O–H groups in total. The van der Waals surface area contributed by atoms with Crippen molar-refractivity contribution in [2.45, 2.75) is 6.54 Å². The van der Waals surface area contributed by atoms with Crippen LogP contribution in [-0.2, 0) is 25.4 Å². The van der Waals surface area contributed by atoms with Crippen molar-refractivity contribution in [3.63, 3.8) is 0 Å². The zero-order valence-corrected chi connectivity index (χ0v) is 17.5. The quantitative estimate of drug-likeness (QED) is 0.539. The highest BCUT2D eigenvalue weighted by atomic mass is 16.5. The van der Waals surface area contributed by atoms with E-state index in [0.717, 1.165) is 10.1 Å². The van der Waals surface area contributed by atoms with Crippen molar-refractivity contribution in [1.82, 2.24) is 13.7 Å². The van der Waals surface area contributed by atoms with E-state index < -0.39 is 17.2 Å². The standard InChI is InChI=1S/C23H22N4O4/c1-25-13-18(15-8-5-4-6-9-15)20-21(25)22(29)26(2)23(30)27(20)14-19(28)24-16-10-7-11-17(12-16)31-3/h4-13H,14H2,1-3H3,(H,24,28). The van der Waals surface area contributed by atoms with Crippen molar-refractivity contribution in [3.8, 4) is 16.9 Å². The van der Waals surface area contributed by atoms with Gasteiger partial charge in [0.05, 0.1) is 12.6 Å². The minimum Gasteiger partial charge on any atom is -0.497 e. The van der Waals surface area contributed by atoms with Gasteiger partial charge in [-0.15, -0.1) is 0 Å². The maximum absolute atomic E-state index is 13.0. The Morgan fingerprint density at radius 2 is 1.74 bits per heavy atom. The smallest absolute Gasteiger partial charge is 0.331 e. The van der Waals surface area contributed by atoms with E-state index in [-0.39, 0.29) is 6.54 Å². The molecule has 158 valence electrons. The number of nitrogens with zero attached hydrogens (tertiary/aromatic N) is 3. The van der Waals surface area contributed by atoms with Crippen molar-refractivity contribution in [2.75, 3.05) is 12.4 Å². The van der Waals surface area contributed by atoms with Crippen LogP contribution >= 0.6 is 0 Å². The Morgan fingerprint density at radius 3 is 2.45 bits per heavy atom. The van der Waals surface area contributed by atoms with Crippen LogP contribution < -0.4 is 21.3 Å². The molecule has 0 atom stereocenters. The minimum atomic E-state index is -0.554. The summed E-state index contributed by atoms with van der Waals surface area (Å²) in [6, 6.07) is 16.4. The lowest BCUT2D eigenvalue weighted by molar-refractivity contribution is -0.116. The molecule has 4 rings (SSSR count). The Balaban J connectivity index is 1.84. The Morgan fingerprint density at radius 1 is 1.00 bits per heavy atom. The van der Waals surface area contributed by atoms with Crippen LogP contribution in [0.15, 0.2) is 70.4 Å². The van der Waals surface area contributed by atoms with Crippen LogP contribution in [0.2, 0.25) is 0 Å². The zero-order chi connectivity index (χ0) is 22.1. The fourth-order valence-corrected chi connectivity index (χ4v) is 3.68. The molecule has 0 radical (unpaired) electrons. The van der Waals surface area contributed by atoms with Gasteiger partial charge in [-0.3, -0.25) is 18.7 Å². The lowest BCUT2D eigenvalue weighted by Gasteiger charge is -2.13. The van der Waals surface area contributed by atoms with Gasteiger partial charge in [0.25, 0.3) is 5.56 Å². The number of amides is 1. The summed E-state index contributed by atoms with van der Waals surface area (Å²) in [5.41, 5.74) is 1.94. The van der Waals surface area contributed by atoms with Crippen molar-refractivity contribution in [3.05, 3.63) is 81.6 Å². The highest BCUT2D eigenvalue weighted by molar-refractivity contribution is 5.95. The molecule has 2 aromatic heterocycles. The maximum Gasteiger partial charge on any atom is 0.331 e. The van der Waals surface area contributed by atoms with Gasteiger partial charge in [-0.05, 0) is 17.7 Å². The van der Waals surface area contributed by atoms with Gasteiger partial charge in [0.1, 0.15) is 17.8 Å². The number of aromatic nitrogens is 3. The third-order valence-electron chi connectivity index (χ3n) is 5.19. The molecule has 0 saturated heterocycles. The molecule has 0 aliphatic rings. The largest absolute Gasteiger partial charge is 0.497 e. The average molecular weight is 418 g/mol. The third kappa shape index (κ3) is 3.63. The summed E-state index contributed by atoms with van der Waals surface area (Å²) >= 11 is 0. The molecular weight excluding hydrogens is 396 g/mol. The second-order valence-corrected chi connectivity index (χ2v) is 7.23. The number of carbonyl (C=O) groups excluding carboxylic acids is 1. The molecule has 0 saturated carbocycles.